The molecule has 1 spiro atoms. The molecule has 2 aliphatic heterocycles. The van der Waals surface area contributed by atoms with E-state index in [0.717, 1.165) is 16.7 Å². The molecule has 1 atom stereocenters. The molecular formula is C13H14O5. The normalized spacial score (nSPS) is 23.8. The summed E-state index contributed by atoms with van der Waals surface area (Å²) in [7, 11) is 0. The number of carbonyl (C=O) groups is 1. The van der Waals surface area contributed by atoms with Gasteiger partial charge >= 0.3 is 11.9 Å². The molecule has 1 unspecified atom stereocenters. The molecule has 3 rings (SSSR count). The van der Waals surface area contributed by atoms with Gasteiger partial charge in [0.2, 0.25) is 0 Å². The lowest BCUT2D eigenvalue weighted by Crippen LogP contribution is -2.34. The fraction of sp³-hybridized carbons (Fsp3) is 0.462. The molecule has 18 heavy (non-hydrogen) atoms. The largest absolute Gasteiger partial charge is 0.507 e. The lowest BCUT2D eigenvalue weighted by atomic mass is 9.83. The zero-order chi connectivity index (χ0) is 13.2. The second-order valence-electron chi connectivity index (χ2n) is 4.89. The van der Waals surface area contributed by atoms with E-state index >= 15 is 0 Å². The van der Waals surface area contributed by atoms with Gasteiger partial charge in [0.05, 0.1) is 5.92 Å². The first-order valence-electron chi connectivity index (χ1n) is 5.82. The van der Waals surface area contributed by atoms with Crippen LogP contribution >= 0.6 is 0 Å². The molecule has 0 aromatic heterocycles. The van der Waals surface area contributed by atoms with Crippen LogP contribution in [0.15, 0.2) is 0 Å². The molecule has 0 amide bonds. The summed E-state index contributed by atoms with van der Waals surface area (Å²) < 4.78 is 5.11. The number of fused-ring (bicyclic) bond motifs is 1. The highest BCUT2D eigenvalue weighted by molar-refractivity contribution is 5.97. The second kappa shape index (κ2) is 3.24. The molecule has 5 nitrogen and oxygen atoms in total. The Hall–Kier alpha value is -1.59. The SMILES string of the molecule is Cc1c(C)c(O)c2c(c1C)C(C)C1(OO1)OC2=O. The molecule has 5 heteroatoms. The van der Waals surface area contributed by atoms with Gasteiger partial charge in [-0.1, -0.05) is 0 Å². The van der Waals surface area contributed by atoms with E-state index < -0.39 is 11.9 Å². The Labute approximate surface area is 104 Å². The van der Waals surface area contributed by atoms with E-state index in [1.165, 1.54) is 0 Å². The first kappa shape index (κ1) is 11.5. The van der Waals surface area contributed by atoms with Crippen molar-refractivity contribution >= 4 is 5.97 Å². The summed E-state index contributed by atoms with van der Waals surface area (Å²) in [4.78, 5) is 21.6. The summed E-state index contributed by atoms with van der Waals surface area (Å²) in [6.07, 6.45) is 0. The molecule has 1 N–H and O–H groups in total. The lowest BCUT2D eigenvalue weighted by Gasteiger charge is -2.28. The van der Waals surface area contributed by atoms with E-state index in [9.17, 15) is 9.90 Å². The minimum atomic E-state index is -1.29. The molecule has 96 valence electrons. The number of benzene rings is 1. The van der Waals surface area contributed by atoms with E-state index in [-0.39, 0.29) is 17.2 Å². The van der Waals surface area contributed by atoms with Gasteiger partial charge in [0.1, 0.15) is 11.3 Å². The molecule has 1 aromatic rings. The third kappa shape index (κ3) is 1.20. The number of hydrogen-bond donors (Lipinski definition) is 1. The Kier molecular flexibility index (Phi) is 2.07. The molecule has 0 saturated carbocycles. The van der Waals surface area contributed by atoms with Crippen molar-refractivity contribution < 1.29 is 24.4 Å². The van der Waals surface area contributed by atoms with Gasteiger partial charge in [-0.25, -0.2) is 4.79 Å². The predicted octanol–water partition coefficient (Wildman–Crippen LogP) is 2.21. The average molecular weight is 250 g/mol. The maximum Gasteiger partial charge on any atom is 0.390 e. The highest BCUT2D eigenvalue weighted by Gasteiger charge is 2.63. The van der Waals surface area contributed by atoms with E-state index in [1.807, 2.05) is 20.8 Å². The van der Waals surface area contributed by atoms with Crippen LogP contribution in [0.1, 0.15) is 45.5 Å². The Balaban J connectivity index is 2.33. The quantitative estimate of drug-likeness (QED) is 0.434. The predicted molar refractivity (Wildman–Crippen MR) is 61.0 cm³/mol. The third-order valence-corrected chi connectivity index (χ3v) is 4.04. The molecule has 1 aromatic carbocycles. The Morgan fingerprint density at radius 1 is 1.11 bits per heavy atom. The van der Waals surface area contributed by atoms with Crippen molar-refractivity contribution in [3.63, 3.8) is 0 Å². The van der Waals surface area contributed by atoms with Crippen molar-refractivity contribution in [3.05, 3.63) is 27.8 Å². The average Bonchev–Trinajstić information content (AvgIpc) is 3.09. The van der Waals surface area contributed by atoms with Crippen molar-refractivity contribution in [1.82, 2.24) is 0 Å². The smallest absolute Gasteiger partial charge is 0.390 e. The minimum Gasteiger partial charge on any atom is -0.507 e. The van der Waals surface area contributed by atoms with Gasteiger partial charge in [0.25, 0.3) is 0 Å². The van der Waals surface area contributed by atoms with E-state index in [1.54, 1.807) is 6.92 Å². The number of esters is 1. The number of phenolic OH excluding ortho intramolecular Hbond substituents is 1. The van der Waals surface area contributed by atoms with E-state index in [0.29, 0.717) is 5.56 Å². The molecule has 2 heterocycles. The molecule has 1 saturated heterocycles. The maximum atomic E-state index is 12.0. The maximum absolute atomic E-state index is 12.0. The zero-order valence-electron chi connectivity index (χ0n) is 10.7. The first-order valence-corrected chi connectivity index (χ1v) is 5.82. The number of carbonyl (C=O) groups excluding carboxylic acids is 1. The van der Waals surface area contributed by atoms with Crippen molar-refractivity contribution in [3.8, 4) is 5.75 Å². The van der Waals surface area contributed by atoms with Crippen molar-refractivity contribution in [1.29, 1.82) is 0 Å². The summed E-state index contributed by atoms with van der Waals surface area (Å²) in [6, 6.07) is 0. The fourth-order valence-corrected chi connectivity index (χ4v) is 2.58. The second-order valence-corrected chi connectivity index (χ2v) is 4.89. The van der Waals surface area contributed by atoms with Gasteiger partial charge in [-0.2, -0.15) is 9.78 Å². The number of ether oxygens (including phenoxy) is 1. The van der Waals surface area contributed by atoms with Gasteiger partial charge in [-0.3, -0.25) is 0 Å². The van der Waals surface area contributed by atoms with Crippen molar-refractivity contribution in [2.75, 3.05) is 0 Å². The Morgan fingerprint density at radius 2 is 1.72 bits per heavy atom. The van der Waals surface area contributed by atoms with E-state index in [2.05, 4.69) is 0 Å². The van der Waals surface area contributed by atoms with Crippen LogP contribution in [0.4, 0.5) is 0 Å². The van der Waals surface area contributed by atoms with Crippen molar-refractivity contribution in [2.45, 2.75) is 39.6 Å². The topological polar surface area (TPSA) is 71.6 Å². The van der Waals surface area contributed by atoms with Crippen LogP contribution in [0.2, 0.25) is 0 Å². The first-order chi connectivity index (χ1) is 8.39. The summed E-state index contributed by atoms with van der Waals surface area (Å²) in [5, 5.41) is 10.1. The minimum absolute atomic E-state index is 0.0135. The number of aromatic hydroxyl groups is 1. The molecule has 0 radical (unpaired) electrons. The summed E-state index contributed by atoms with van der Waals surface area (Å²) in [6.45, 7) is 7.47. The van der Waals surface area contributed by atoms with Crippen LogP contribution in [0.25, 0.3) is 0 Å². The van der Waals surface area contributed by atoms with Gasteiger partial charge in [0, 0.05) is 0 Å². The van der Waals surface area contributed by atoms with Crippen LogP contribution in [0, 0.1) is 20.8 Å². The fourth-order valence-electron chi connectivity index (χ4n) is 2.58. The van der Waals surface area contributed by atoms with Gasteiger partial charge in [-0.05, 0) is 49.9 Å². The Morgan fingerprint density at radius 3 is 2.28 bits per heavy atom. The van der Waals surface area contributed by atoms with Crippen molar-refractivity contribution in [2.24, 2.45) is 0 Å². The lowest BCUT2D eigenvalue weighted by molar-refractivity contribution is -0.0449. The molecule has 2 aliphatic rings. The molecule has 1 fully saturated rings. The van der Waals surface area contributed by atoms with Gasteiger partial charge in [-0.15, -0.1) is 0 Å². The van der Waals surface area contributed by atoms with Gasteiger partial charge in [0.15, 0.2) is 0 Å². The van der Waals surface area contributed by atoms with E-state index in [4.69, 9.17) is 14.5 Å². The van der Waals surface area contributed by atoms with Crippen LogP contribution in [-0.4, -0.2) is 17.0 Å². The number of hydrogen-bond acceptors (Lipinski definition) is 5. The van der Waals surface area contributed by atoms with Crippen LogP contribution in [0.5, 0.6) is 5.75 Å². The highest BCUT2D eigenvalue weighted by atomic mass is 17.5. The summed E-state index contributed by atoms with van der Waals surface area (Å²) in [5.41, 5.74) is 3.59. The van der Waals surface area contributed by atoms with Crippen LogP contribution < -0.4 is 0 Å². The zero-order valence-corrected chi connectivity index (χ0v) is 10.7. The monoisotopic (exact) mass is 250 g/mol. The Bertz CT molecular complexity index is 571. The summed E-state index contributed by atoms with van der Waals surface area (Å²) in [5.74, 6) is -2.18. The molecular weight excluding hydrogens is 236 g/mol. The molecule has 0 bridgehead atoms. The summed E-state index contributed by atoms with van der Waals surface area (Å²) >= 11 is 0. The third-order valence-electron chi connectivity index (χ3n) is 4.04. The standard InChI is InChI=1S/C13H14O5/c1-5-6(2)9-8(4)13(17-18-13)16-12(15)10(9)11(14)7(5)3/h8,14H,1-4H3. The van der Waals surface area contributed by atoms with Gasteiger partial charge < -0.3 is 9.84 Å². The van der Waals surface area contributed by atoms with Crippen LogP contribution in [0.3, 0.4) is 0 Å². The number of phenols is 1. The molecule has 0 aliphatic carbocycles. The van der Waals surface area contributed by atoms with Crippen LogP contribution in [-0.2, 0) is 14.5 Å². The number of rotatable bonds is 0. The highest BCUT2D eigenvalue weighted by Crippen LogP contribution is 2.52.